The van der Waals surface area contributed by atoms with E-state index in [1.165, 1.54) is 37.8 Å². The normalized spacial score (nSPS) is 19.3. The van der Waals surface area contributed by atoms with Crippen LogP contribution in [0.5, 0.6) is 0 Å². The first kappa shape index (κ1) is 10.7. The van der Waals surface area contributed by atoms with Gasteiger partial charge in [0.05, 0.1) is 0 Å². The average molecular weight is 203 g/mol. The van der Waals surface area contributed by atoms with Gasteiger partial charge < -0.3 is 5.32 Å². The van der Waals surface area contributed by atoms with Crippen molar-refractivity contribution in [2.24, 2.45) is 5.92 Å². The summed E-state index contributed by atoms with van der Waals surface area (Å²) in [5.41, 5.74) is 1.40. The number of hydrogen-bond acceptors (Lipinski definition) is 1. The SMILES string of the molecule is C[C@H](NCC1CCCC1)c1ccccc1. The van der Waals surface area contributed by atoms with Gasteiger partial charge in [-0.2, -0.15) is 0 Å². The molecule has 1 fully saturated rings. The predicted molar refractivity (Wildman–Crippen MR) is 64.8 cm³/mol. The molecule has 0 saturated heterocycles. The average Bonchev–Trinajstić information content (AvgIpc) is 2.80. The zero-order chi connectivity index (χ0) is 10.5. The lowest BCUT2D eigenvalue weighted by Gasteiger charge is -2.17. The molecule has 0 heterocycles. The Kier molecular flexibility index (Phi) is 3.79. The maximum absolute atomic E-state index is 3.64. The monoisotopic (exact) mass is 203 g/mol. The van der Waals surface area contributed by atoms with Crippen molar-refractivity contribution in [1.82, 2.24) is 5.32 Å². The second kappa shape index (κ2) is 5.32. The summed E-state index contributed by atoms with van der Waals surface area (Å²) in [5, 5.41) is 3.64. The Morgan fingerprint density at radius 1 is 1.20 bits per heavy atom. The van der Waals surface area contributed by atoms with E-state index in [9.17, 15) is 0 Å². The van der Waals surface area contributed by atoms with Crippen molar-refractivity contribution >= 4 is 0 Å². The Bertz CT molecular complexity index is 275. The lowest BCUT2D eigenvalue weighted by Crippen LogP contribution is -2.24. The zero-order valence-electron chi connectivity index (χ0n) is 9.58. The predicted octanol–water partition coefficient (Wildman–Crippen LogP) is 3.53. The molecule has 1 aromatic carbocycles. The van der Waals surface area contributed by atoms with Gasteiger partial charge in [-0.3, -0.25) is 0 Å². The number of benzene rings is 1. The van der Waals surface area contributed by atoms with E-state index in [4.69, 9.17) is 0 Å². The fourth-order valence-electron chi connectivity index (χ4n) is 2.42. The van der Waals surface area contributed by atoms with E-state index >= 15 is 0 Å². The highest BCUT2D eigenvalue weighted by Crippen LogP contribution is 2.24. The summed E-state index contributed by atoms with van der Waals surface area (Å²) in [6, 6.07) is 11.2. The minimum atomic E-state index is 0.492. The molecule has 0 bridgehead atoms. The fourth-order valence-corrected chi connectivity index (χ4v) is 2.42. The zero-order valence-corrected chi connectivity index (χ0v) is 9.58. The maximum Gasteiger partial charge on any atom is 0.0291 e. The third kappa shape index (κ3) is 3.07. The molecule has 2 rings (SSSR count). The molecule has 1 heteroatoms. The molecule has 1 aliphatic rings. The number of hydrogen-bond donors (Lipinski definition) is 1. The Labute approximate surface area is 92.9 Å². The highest BCUT2D eigenvalue weighted by atomic mass is 14.9. The lowest BCUT2D eigenvalue weighted by atomic mass is 10.1. The third-order valence-corrected chi connectivity index (χ3v) is 3.49. The lowest BCUT2D eigenvalue weighted by molar-refractivity contribution is 0.452. The smallest absolute Gasteiger partial charge is 0.0291 e. The van der Waals surface area contributed by atoms with E-state index in [-0.39, 0.29) is 0 Å². The Balaban J connectivity index is 1.79. The van der Waals surface area contributed by atoms with Crippen LogP contribution in [-0.4, -0.2) is 6.54 Å². The van der Waals surface area contributed by atoms with Gasteiger partial charge in [0.1, 0.15) is 0 Å². The topological polar surface area (TPSA) is 12.0 Å². The van der Waals surface area contributed by atoms with Gasteiger partial charge >= 0.3 is 0 Å². The molecule has 1 atom stereocenters. The van der Waals surface area contributed by atoms with Crippen molar-refractivity contribution in [1.29, 1.82) is 0 Å². The molecule has 0 aliphatic heterocycles. The minimum absolute atomic E-state index is 0.492. The van der Waals surface area contributed by atoms with E-state index < -0.39 is 0 Å². The summed E-state index contributed by atoms with van der Waals surface area (Å²) in [6.07, 6.45) is 5.72. The molecule has 1 N–H and O–H groups in total. The Morgan fingerprint density at radius 2 is 1.87 bits per heavy atom. The number of rotatable bonds is 4. The van der Waals surface area contributed by atoms with Crippen LogP contribution in [0.3, 0.4) is 0 Å². The summed E-state index contributed by atoms with van der Waals surface area (Å²) in [5.74, 6) is 0.927. The van der Waals surface area contributed by atoms with Crippen molar-refractivity contribution in [3.63, 3.8) is 0 Å². The molecule has 1 nitrogen and oxygen atoms in total. The highest BCUT2D eigenvalue weighted by Gasteiger charge is 2.15. The molecule has 1 aliphatic carbocycles. The first-order valence-corrected chi connectivity index (χ1v) is 6.14. The molecule has 15 heavy (non-hydrogen) atoms. The molecule has 0 aromatic heterocycles. The van der Waals surface area contributed by atoms with Crippen LogP contribution in [0, 0.1) is 5.92 Å². The number of nitrogens with one attached hydrogen (secondary N) is 1. The Hall–Kier alpha value is -0.820. The van der Waals surface area contributed by atoms with Crippen LogP contribution in [0.2, 0.25) is 0 Å². The van der Waals surface area contributed by atoms with Crippen LogP contribution >= 0.6 is 0 Å². The van der Waals surface area contributed by atoms with Crippen molar-refractivity contribution in [3.05, 3.63) is 35.9 Å². The van der Waals surface area contributed by atoms with Crippen molar-refractivity contribution < 1.29 is 0 Å². The summed E-state index contributed by atoms with van der Waals surface area (Å²) in [4.78, 5) is 0. The van der Waals surface area contributed by atoms with Gasteiger partial charge in [0.15, 0.2) is 0 Å². The molecular weight excluding hydrogens is 182 g/mol. The molecule has 0 amide bonds. The Morgan fingerprint density at radius 3 is 2.53 bits per heavy atom. The highest BCUT2D eigenvalue weighted by molar-refractivity contribution is 5.17. The van der Waals surface area contributed by atoms with Gasteiger partial charge in [-0.1, -0.05) is 43.2 Å². The van der Waals surface area contributed by atoms with Crippen LogP contribution in [0.1, 0.15) is 44.2 Å². The first-order chi connectivity index (χ1) is 7.36. The fraction of sp³-hybridized carbons (Fsp3) is 0.571. The van der Waals surface area contributed by atoms with E-state index in [0.29, 0.717) is 6.04 Å². The second-order valence-electron chi connectivity index (χ2n) is 4.69. The van der Waals surface area contributed by atoms with Gasteiger partial charge in [0.25, 0.3) is 0 Å². The van der Waals surface area contributed by atoms with E-state index in [1.54, 1.807) is 0 Å². The summed E-state index contributed by atoms with van der Waals surface area (Å²) >= 11 is 0. The van der Waals surface area contributed by atoms with Crippen molar-refractivity contribution in [2.45, 2.75) is 38.6 Å². The van der Waals surface area contributed by atoms with E-state index in [0.717, 1.165) is 5.92 Å². The quantitative estimate of drug-likeness (QED) is 0.789. The van der Waals surface area contributed by atoms with Gasteiger partial charge in [-0.25, -0.2) is 0 Å². The van der Waals surface area contributed by atoms with Crippen LogP contribution < -0.4 is 5.32 Å². The molecule has 82 valence electrons. The van der Waals surface area contributed by atoms with Crippen LogP contribution in [0.4, 0.5) is 0 Å². The second-order valence-corrected chi connectivity index (χ2v) is 4.69. The molecule has 0 unspecified atom stereocenters. The molecule has 1 aromatic rings. The van der Waals surface area contributed by atoms with Gasteiger partial charge in [0, 0.05) is 6.04 Å². The largest absolute Gasteiger partial charge is 0.310 e. The summed E-state index contributed by atoms with van der Waals surface area (Å²) in [6.45, 7) is 3.44. The van der Waals surface area contributed by atoms with E-state index in [2.05, 4.69) is 42.6 Å². The van der Waals surface area contributed by atoms with Gasteiger partial charge in [-0.15, -0.1) is 0 Å². The van der Waals surface area contributed by atoms with Crippen LogP contribution in [0.15, 0.2) is 30.3 Å². The molecule has 1 saturated carbocycles. The molecular formula is C14H21N. The van der Waals surface area contributed by atoms with Crippen molar-refractivity contribution in [2.75, 3.05) is 6.54 Å². The first-order valence-electron chi connectivity index (χ1n) is 6.14. The van der Waals surface area contributed by atoms with Crippen LogP contribution in [-0.2, 0) is 0 Å². The van der Waals surface area contributed by atoms with Crippen molar-refractivity contribution in [3.8, 4) is 0 Å². The summed E-state index contributed by atoms with van der Waals surface area (Å²) < 4.78 is 0. The third-order valence-electron chi connectivity index (χ3n) is 3.49. The minimum Gasteiger partial charge on any atom is -0.310 e. The molecule has 0 spiro atoms. The molecule has 0 radical (unpaired) electrons. The van der Waals surface area contributed by atoms with Gasteiger partial charge in [-0.05, 0) is 37.8 Å². The van der Waals surface area contributed by atoms with Crippen LogP contribution in [0.25, 0.3) is 0 Å². The van der Waals surface area contributed by atoms with E-state index in [1.807, 2.05) is 0 Å². The van der Waals surface area contributed by atoms with Gasteiger partial charge in [0.2, 0.25) is 0 Å². The standard InChI is InChI=1S/C14H21N/c1-12(14-9-3-2-4-10-14)15-11-13-7-5-6-8-13/h2-4,9-10,12-13,15H,5-8,11H2,1H3/t12-/m0/s1. The maximum atomic E-state index is 3.64. The summed E-state index contributed by atoms with van der Waals surface area (Å²) in [7, 11) is 0.